The number of para-hydroxylation sites is 2. The Hall–Kier alpha value is -3.30. The van der Waals surface area contributed by atoms with E-state index >= 15 is 0 Å². The van der Waals surface area contributed by atoms with E-state index in [1.54, 1.807) is 71.0 Å². The van der Waals surface area contributed by atoms with Gasteiger partial charge in [-0.1, -0.05) is 68.1 Å². The highest BCUT2D eigenvalue weighted by atomic mass is 35.5. The van der Waals surface area contributed by atoms with Gasteiger partial charge in [0.05, 0.1) is 17.3 Å². The quantitative estimate of drug-likeness (QED) is 0.243. The molecule has 3 amide bonds. The fraction of sp³-hybridized carbons (Fsp3) is 0.500. The maximum Gasteiger partial charge on any atom is 0.408 e. The van der Waals surface area contributed by atoms with Crippen molar-refractivity contribution in [3.63, 3.8) is 0 Å². The number of aromatic hydroxyl groups is 1. The van der Waals surface area contributed by atoms with Crippen molar-refractivity contribution in [2.24, 2.45) is 0 Å². The summed E-state index contributed by atoms with van der Waals surface area (Å²) in [6.45, 7) is 10.0. The predicted octanol–water partition coefficient (Wildman–Crippen LogP) is 5.64. The number of phenolic OH excluding ortho intramolecular Hbond substituents is 1. The zero-order valence-electron chi connectivity index (χ0n) is 24.2. The van der Waals surface area contributed by atoms with E-state index in [1.807, 2.05) is 0 Å². The summed E-state index contributed by atoms with van der Waals surface area (Å²) >= 11 is 6.39. The SMILES string of the molecule is CCCCCCN(C(=O)C(CO)NC(=O)OC(C)(C)C)C(C(=O)Nc1c(C)cccc1Cl)c1cccc(C)c1O. The van der Waals surface area contributed by atoms with E-state index in [-0.39, 0.29) is 17.9 Å². The number of nitrogens with one attached hydrogen (secondary N) is 2. The Labute approximate surface area is 241 Å². The van der Waals surface area contributed by atoms with E-state index in [4.69, 9.17) is 16.3 Å². The Morgan fingerprint density at radius 3 is 2.27 bits per heavy atom. The van der Waals surface area contributed by atoms with E-state index in [1.165, 1.54) is 4.90 Å². The summed E-state index contributed by atoms with van der Waals surface area (Å²) < 4.78 is 5.28. The second-order valence-electron chi connectivity index (χ2n) is 10.8. The van der Waals surface area contributed by atoms with Crippen LogP contribution in [0.2, 0.25) is 5.02 Å². The number of amides is 3. The number of nitrogens with zero attached hydrogens (tertiary/aromatic N) is 1. The van der Waals surface area contributed by atoms with E-state index in [9.17, 15) is 24.6 Å². The topological polar surface area (TPSA) is 128 Å². The molecule has 2 aromatic carbocycles. The standard InChI is InChI=1S/C30H42ClN3O6/c1-7-8-9-10-17-34(28(38)23(18-35)32-29(39)40-30(4,5)6)25(21-15-11-14-20(3)26(21)36)27(37)33-24-19(2)13-12-16-22(24)31/h11-16,23,25,35-36H,7-10,17-18H2,1-6H3,(H,32,39)(H,33,37). The summed E-state index contributed by atoms with van der Waals surface area (Å²) in [4.78, 5) is 41.7. The van der Waals surface area contributed by atoms with Gasteiger partial charge in [-0.2, -0.15) is 0 Å². The Morgan fingerprint density at radius 1 is 1.02 bits per heavy atom. The van der Waals surface area contributed by atoms with Crippen LogP contribution in [0.25, 0.3) is 0 Å². The number of hydrogen-bond donors (Lipinski definition) is 4. The first-order valence-electron chi connectivity index (χ1n) is 13.6. The minimum atomic E-state index is -1.38. The van der Waals surface area contributed by atoms with Gasteiger partial charge in [0.25, 0.3) is 5.91 Å². The third kappa shape index (κ3) is 9.13. The van der Waals surface area contributed by atoms with E-state index < -0.39 is 42.2 Å². The summed E-state index contributed by atoms with van der Waals surface area (Å²) in [6, 6.07) is 7.48. The third-order valence-corrected chi connectivity index (χ3v) is 6.62. The summed E-state index contributed by atoms with van der Waals surface area (Å²) in [6.07, 6.45) is 2.36. The molecule has 0 saturated heterocycles. The number of hydrogen-bond acceptors (Lipinski definition) is 6. The van der Waals surface area contributed by atoms with Crippen molar-refractivity contribution in [3.8, 4) is 5.75 Å². The molecule has 2 unspecified atom stereocenters. The minimum absolute atomic E-state index is 0.134. The molecule has 0 aromatic heterocycles. The van der Waals surface area contributed by atoms with E-state index in [0.29, 0.717) is 28.3 Å². The average Bonchev–Trinajstić information content (AvgIpc) is 2.87. The molecule has 0 aliphatic carbocycles. The van der Waals surface area contributed by atoms with Gasteiger partial charge < -0.3 is 30.5 Å². The molecule has 10 heteroatoms. The van der Waals surface area contributed by atoms with Crippen LogP contribution in [0.5, 0.6) is 5.75 Å². The fourth-order valence-electron chi connectivity index (χ4n) is 4.25. The number of aliphatic hydroxyl groups excluding tert-OH is 1. The van der Waals surface area contributed by atoms with Crippen molar-refractivity contribution in [2.45, 2.75) is 84.9 Å². The van der Waals surface area contributed by atoms with E-state index in [2.05, 4.69) is 17.6 Å². The van der Waals surface area contributed by atoms with Crippen LogP contribution in [-0.2, 0) is 14.3 Å². The Kier molecular flexibility index (Phi) is 12.3. The largest absolute Gasteiger partial charge is 0.507 e. The van der Waals surface area contributed by atoms with Gasteiger partial charge in [-0.3, -0.25) is 9.59 Å². The van der Waals surface area contributed by atoms with Gasteiger partial charge in [-0.15, -0.1) is 0 Å². The van der Waals surface area contributed by atoms with Crippen LogP contribution in [0.15, 0.2) is 36.4 Å². The molecular weight excluding hydrogens is 534 g/mol. The lowest BCUT2D eigenvalue weighted by atomic mass is 9.98. The number of phenols is 1. The Morgan fingerprint density at radius 2 is 1.68 bits per heavy atom. The predicted molar refractivity (Wildman–Crippen MR) is 157 cm³/mol. The smallest absolute Gasteiger partial charge is 0.408 e. The molecule has 2 aromatic rings. The highest BCUT2D eigenvalue weighted by Crippen LogP contribution is 2.34. The fourth-order valence-corrected chi connectivity index (χ4v) is 4.51. The number of halogens is 1. The Bertz CT molecular complexity index is 1160. The summed E-state index contributed by atoms with van der Waals surface area (Å²) in [5.41, 5.74) is 1.01. The van der Waals surface area contributed by atoms with Gasteiger partial charge in [0, 0.05) is 12.1 Å². The lowest BCUT2D eigenvalue weighted by molar-refractivity contribution is -0.141. The second kappa shape index (κ2) is 14.9. The van der Waals surface area contributed by atoms with Crippen LogP contribution in [0.4, 0.5) is 10.5 Å². The van der Waals surface area contributed by atoms with Crippen molar-refractivity contribution >= 4 is 35.2 Å². The van der Waals surface area contributed by atoms with Crippen LogP contribution in [0.3, 0.4) is 0 Å². The number of rotatable bonds is 12. The number of anilines is 1. The lowest BCUT2D eigenvalue weighted by Gasteiger charge is -2.34. The maximum atomic E-state index is 14.0. The number of aliphatic hydroxyl groups is 1. The first kappa shape index (κ1) is 32.9. The monoisotopic (exact) mass is 575 g/mol. The number of aryl methyl sites for hydroxylation is 2. The number of benzene rings is 2. The zero-order chi connectivity index (χ0) is 30.0. The number of ether oxygens (including phenoxy) is 1. The van der Waals surface area contributed by atoms with Gasteiger partial charge >= 0.3 is 6.09 Å². The number of carbonyl (C=O) groups excluding carboxylic acids is 3. The molecule has 0 aliphatic rings. The number of carbonyl (C=O) groups is 3. The number of alkyl carbamates (subject to hydrolysis) is 1. The molecule has 9 nitrogen and oxygen atoms in total. The van der Waals surface area contributed by atoms with Gasteiger partial charge in [0.15, 0.2) is 0 Å². The molecule has 0 aliphatic heterocycles. The molecule has 40 heavy (non-hydrogen) atoms. The molecule has 2 rings (SSSR count). The second-order valence-corrected chi connectivity index (χ2v) is 11.2. The third-order valence-electron chi connectivity index (χ3n) is 6.30. The molecule has 0 saturated carbocycles. The molecule has 0 spiro atoms. The first-order valence-corrected chi connectivity index (χ1v) is 13.9. The number of unbranched alkanes of at least 4 members (excludes halogenated alkanes) is 3. The Balaban J connectivity index is 2.58. The summed E-state index contributed by atoms with van der Waals surface area (Å²) in [5, 5.41) is 26.7. The zero-order valence-corrected chi connectivity index (χ0v) is 25.0. The molecule has 0 bridgehead atoms. The van der Waals surface area contributed by atoms with Crippen molar-refractivity contribution < 1.29 is 29.3 Å². The highest BCUT2D eigenvalue weighted by Gasteiger charge is 2.37. The van der Waals surface area contributed by atoms with Gasteiger partial charge in [0.2, 0.25) is 5.91 Å². The van der Waals surface area contributed by atoms with Gasteiger partial charge in [0.1, 0.15) is 23.4 Å². The molecule has 0 radical (unpaired) electrons. The van der Waals surface area contributed by atoms with Crippen molar-refractivity contribution in [2.75, 3.05) is 18.5 Å². The average molecular weight is 576 g/mol. The molecule has 0 fully saturated rings. The van der Waals surface area contributed by atoms with Crippen LogP contribution >= 0.6 is 11.6 Å². The first-order chi connectivity index (χ1) is 18.8. The maximum absolute atomic E-state index is 14.0. The molecule has 220 valence electrons. The van der Waals surface area contributed by atoms with Crippen LogP contribution in [-0.4, -0.2) is 57.8 Å². The normalized spacial score (nSPS) is 12.8. The molecular formula is C30H42ClN3O6. The van der Waals surface area contributed by atoms with Gasteiger partial charge in [-0.25, -0.2) is 4.79 Å². The molecule has 4 N–H and O–H groups in total. The van der Waals surface area contributed by atoms with E-state index in [0.717, 1.165) is 19.3 Å². The highest BCUT2D eigenvalue weighted by molar-refractivity contribution is 6.34. The molecule has 0 heterocycles. The minimum Gasteiger partial charge on any atom is -0.507 e. The van der Waals surface area contributed by atoms with Crippen molar-refractivity contribution in [1.82, 2.24) is 10.2 Å². The van der Waals surface area contributed by atoms with Crippen molar-refractivity contribution in [3.05, 3.63) is 58.1 Å². The summed E-state index contributed by atoms with van der Waals surface area (Å²) in [7, 11) is 0. The summed E-state index contributed by atoms with van der Waals surface area (Å²) in [5.74, 6) is -1.43. The van der Waals surface area contributed by atoms with Crippen molar-refractivity contribution in [1.29, 1.82) is 0 Å². The van der Waals surface area contributed by atoms with Crippen LogP contribution < -0.4 is 10.6 Å². The van der Waals surface area contributed by atoms with Gasteiger partial charge in [-0.05, 0) is 58.2 Å². The lowest BCUT2D eigenvalue weighted by Crippen LogP contribution is -2.54. The van der Waals surface area contributed by atoms with Crippen LogP contribution in [0, 0.1) is 13.8 Å². The van der Waals surface area contributed by atoms with Crippen LogP contribution in [0.1, 0.15) is 76.1 Å². The molecule has 2 atom stereocenters.